The lowest BCUT2D eigenvalue weighted by atomic mass is 9.84. The molecule has 4 heteroatoms. The Kier molecular flexibility index (Phi) is 5.64. The maximum atomic E-state index is 13.2. The molecule has 0 aliphatic heterocycles. The van der Waals surface area contributed by atoms with Crippen molar-refractivity contribution in [3.63, 3.8) is 0 Å². The standard InChI is InChI=1S/C17H25ClFNO/c1-3-20(4-2)17(9-5-6-10-17)16(21)12-13-7-8-15(19)14(18)11-13/h7-8,11,16,21H,3-6,9-10,12H2,1-2H3. The van der Waals surface area contributed by atoms with Gasteiger partial charge in [-0.05, 0) is 43.6 Å². The van der Waals surface area contributed by atoms with Gasteiger partial charge in [-0.25, -0.2) is 4.39 Å². The summed E-state index contributed by atoms with van der Waals surface area (Å²) in [6.45, 7) is 6.17. The monoisotopic (exact) mass is 313 g/mol. The zero-order valence-corrected chi connectivity index (χ0v) is 13.7. The third-order valence-electron chi connectivity index (χ3n) is 4.90. The fraction of sp³-hybridized carbons (Fsp3) is 0.647. The maximum Gasteiger partial charge on any atom is 0.141 e. The van der Waals surface area contributed by atoms with Crippen LogP contribution in [0.1, 0.15) is 45.1 Å². The molecule has 1 atom stereocenters. The molecule has 2 rings (SSSR count). The van der Waals surface area contributed by atoms with Crippen molar-refractivity contribution in [2.75, 3.05) is 13.1 Å². The number of hydrogen-bond acceptors (Lipinski definition) is 2. The van der Waals surface area contributed by atoms with Crippen molar-refractivity contribution in [2.45, 2.75) is 57.6 Å². The molecule has 0 spiro atoms. The third kappa shape index (κ3) is 3.41. The van der Waals surface area contributed by atoms with Crippen molar-refractivity contribution in [3.05, 3.63) is 34.6 Å². The van der Waals surface area contributed by atoms with E-state index in [0.717, 1.165) is 44.3 Å². The first kappa shape index (κ1) is 16.7. The Morgan fingerprint density at radius 3 is 2.43 bits per heavy atom. The minimum atomic E-state index is -0.443. The summed E-state index contributed by atoms with van der Waals surface area (Å²) in [7, 11) is 0. The SMILES string of the molecule is CCN(CC)C1(C(O)Cc2ccc(F)c(Cl)c2)CCCC1. The normalized spacial score (nSPS) is 19.1. The summed E-state index contributed by atoms with van der Waals surface area (Å²) in [4.78, 5) is 2.38. The van der Waals surface area contributed by atoms with Gasteiger partial charge >= 0.3 is 0 Å². The molecule has 1 fully saturated rings. The van der Waals surface area contributed by atoms with Crippen LogP contribution < -0.4 is 0 Å². The van der Waals surface area contributed by atoms with Crippen LogP contribution >= 0.6 is 11.6 Å². The molecule has 1 aliphatic rings. The van der Waals surface area contributed by atoms with E-state index < -0.39 is 11.9 Å². The lowest BCUT2D eigenvalue weighted by molar-refractivity contribution is -0.0244. The first-order valence-electron chi connectivity index (χ1n) is 7.90. The van der Waals surface area contributed by atoms with Crippen molar-refractivity contribution >= 4 is 11.6 Å². The number of nitrogens with zero attached hydrogens (tertiary/aromatic N) is 1. The van der Waals surface area contributed by atoms with Crippen molar-refractivity contribution < 1.29 is 9.50 Å². The summed E-state index contributed by atoms with van der Waals surface area (Å²) >= 11 is 5.84. The summed E-state index contributed by atoms with van der Waals surface area (Å²) in [5, 5.41) is 11.0. The number of aliphatic hydroxyl groups is 1. The minimum Gasteiger partial charge on any atom is -0.391 e. The van der Waals surface area contributed by atoms with E-state index >= 15 is 0 Å². The fourth-order valence-electron chi connectivity index (χ4n) is 3.78. The molecule has 21 heavy (non-hydrogen) atoms. The Bertz CT molecular complexity index is 470. The van der Waals surface area contributed by atoms with Crippen LogP contribution in [0.5, 0.6) is 0 Å². The van der Waals surface area contributed by atoms with E-state index in [-0.39, 0.29) is 10.6 Å². The molecule has 1 saturated carbocycles. The first-order valence-corrected chi connectivity index (χ1v) is 8.28. The van der Waals surface area contributed by atoms with E-state index in [2.05, 4.69) is 18.7 Å². The molecule has 1 aromatic rings. The minimum absolute atomic E-state index is 0.128. The zero-order valence-electron chi connectivity index (χ0n) is 12.9. The molecule has 118 valence electrons. The molecule has 1 aromatic carbocycles. The third-order valence-corrected chi connectivity index (χ3v) is 5.19. The number of likely N-dealkylation sites (N-methyl/N-ethyl adjacent to an activating group) is 1. The zero-order chi connectivity index (χ0) is 15.5. The second-order valence-corrected chi connectivity index (χ2v) is 6.36. The van der Waals surface area contributed by atoms with E-state index in [1.807, 2.05) is 0 Å². The van der Waals surface area contributed by atoms with Crippen LogP contribution in [0.3, 0.4) is 0 Å². The van der Waals surface area contributed by atoms with Gasteiger partial charge in [0.25, 0.3) is 0 Å². The van der Waals surface area contributed by atoms with E-state index in [4.69, 9.17) is 11.6 Å². The first-order chi connectivity index (χ1) is 10.0. The van der Waals surface area contributed by atoms with Gasteiger partial charge in [-0.2, -0.15) is 0 Å². The van der Waals surface area contributed by atoms with E-state index in [0.29, 0.717) is 6.42 Å². The number of benzene rings is 1. The van der Waals surface area contributed by atoms with Crippen molar-refractivity contribution in [1.29, 1.82) is 0 Å². The number of rotatable bonds is 6. The molecule has 0 radical (unpaired) electrons. The van der Waals surface area contributed by atoms with Gasteiger partial charge in [0.05, 0.1) is 11.1 Å². The Labute approximate surface area is 131 Å². The molecule has 1 aliphatic carbocycles. The molecule has 0 saturated heterocycles. The number of aliphatic hydroxyl groups excluding tert-OH is 1. The molecule has 0 amide bonds. The largest absolute Gasteiger partial charge is 0.391 e. The van der Waals surface area contributed by atoms with Crippen molar-refractivity contribution in [2.24, 2.45) is 0 Å². The van der Waals surface area contributed by atoms with E-state index in [9.17, 15) is 9.50 Å². The molecule has 1 N–H and O–H groups in total. The van der Waals surface area contributed by atoms with Crippen molar-refractivity contribution in [1.82, 2.24) is 4.90 Å². The summed E-state index contributed by atoms with van der Waals surface area (Å²) < 4.78 is 13.2. The van der Waals surface area contributed by atoms with Gasteiger partial charge in [-0.3, -0.25) is 4.90 Å². The lowest BCUT2D eigenvalue weighted by Gasteiger charge is -2.44. The molecular weight excluding hydrogens is 289 g/mol. The average molecular weight is 314 g/mol. The molecule has 0 aromatic heterocycles. The number of hydrogen-bond donors (Lipinski definition) is 1. The van der Waals surface area contributed by atoms with Crippen LogP contribution in [0, 0.1) is 5.82 Å². The Morgan fingerprint density at radius 2 is 1.90 bits per heavy atom. The van der Waals surface area contributed by atoms with Crippen LogP contribution in [0.4, 0.5) is 4.39 Å². The second kappa shape index (κ2) is 7.08. The van der Waals surface area contributed by atoms with Gasteiger partial charge in [0, 0.05) is 12.0 Å². The van der Waals surface area contributed by atoms with Crippen LogP contribution in [0.2, 0.25) is 5.02 Å². The maximum absolute atomic E-state index is 13.2. The second-order valence-electron chi connectivity index (χ2n) is 5.95. The Balaban J connectivity index is 2.18. The molecule has 0 heterocycles. The highest BCUT2D eigenvalue weighted by molar-refractivity contribution is 6.30. The quantitative estimate of drug-likeness (QED) is 0.857. The molecule has 0 bridgehead atoms. The van der Waals surface area contributed by atoms with Gasteiger partial charge in [-0.1, -0.05) is 44.4 Å². The Morgan fingerprint density at radius 1 is 1.29 bits per heavy atom. The predicted molar refractivity (Wildman–Crippen MR) is 85.2 cm³/mol. The van der Waals surface area contributed by atoms with Gasteiger partial charge < -0.3 is 5.11 Å². The molecular formula is C17H25ClFNO. The van der Waals surface area contributed by atoms with Crippen LogP contribution in [0.15, 0.2) is 18.2 Å². The van der Waals surface area contributed by atoms with Crippen LogP contribution in [0.25, 0.3) is 0 Å². The van der Waals surface area contributed by atoms with Gasteiger partial charge in [-0.15, -0.1) is 0 Å². The fourth-order valence-corrected chi connectivity index (χ4v) is 3.98. The van der Waals surface area contributed by atoms with E-state index in [1.165, 1.54) is 6.07 Å². The van der Waals surface area contributed by atoms with Gasteiger partial charge in [0.1, 0.15) is 5.82 Å². The lowest BCUT2D eigenvalue weighted by Crippen LogP contribution is -2.55. The molecule has 2 nitrogen and oxygen atoms in total. The predicted octanol–water partition coefficient (Wildman–Crippen LogP) is 4.04. The highest BCUT2D eigenvalue weighted by Crippen LogP contribution is 2.39. The van der Waals surface area contributed by atoms with E-state index in [1.54, 1.807) is 12.1 Å². The smallest absolute Gasteiger partial charge is 0.141 e. The summed E-state index contributed by atoms with van der Waals surface area (Å²) in [5.74, 6) is -0.408. The average Bonchev–Trinajstić information content (AvgIpc) is 2.95. The number of halogens is 2. The highest BCUT2D eigenvalue weighted by atomic mass is 35.5. The van der Waals surface area contributed by atoms with Crippen LogP contribution in [-0.4, -0.2) is 34.7 Å². The summed E-state index contributed by atoms with van der Waals surface area (Å²) in [6.07, 6.45) is 4.48. The van der Waals surface area contributed by atoms with Gasteiger partial charge in [0.15, 0.2) is 0 Å². The topological polar surface area (TPSA) is 23.5 Å². The summed E-state index contributed by atoms with van der Waals surface area (Å²) in [6, 6.07) is 4.73. The summed E-state index contributed by atoms with van der Waals surface area (Å²) in [5.41, 5.74) is 0.761. The van der Waals surface area contributed by atoms with Crippen LogP contribution in [-0.2, 0) is 6.42 Å². The van der Waals surface area contributed by atoms with Gasteiger partial charge in [0.2, 0.25) is 0 Å². The molecule has 1 unspecified atom stereocenters. The Hall–Kier alpha value is -0.640. The highest BCUT2D eigenvalue weighted by Gasteiger charge is 2.44. The van der Waals surface area contributed by atoms with Crippen molar-refractivity contribution in [3.8, 4) is 0 Å².